The van der Waals surface area contributed by atoms with E-state index in [1.54, 1.807) is 4.88 Å². The molecule has 2 heterocycles. The van der Waals surface area contributed by atoms with Gasteiger partial charge in [-0.25, -0.2) is 0 Å². The third-order valence-electron chi connectivity index (χ3n) is 4.08. The molecule has 1 aliphatic carbocycles. The predicted molar refractivity (Wildman–Crippen MR) is 81.3 cm³/mol. The van der Waals surface area contributed by atoms with Gasteiger partial charge in [0.05, 0.1) is 11.0 Å². The van der Waals surface area contributed by atoms with Gasteiger partial charge in [-0.3, -0.25) is 0 Å². The van der Waals surface area contributed by atoms with Gasteiger partial charge in [0.1, 0.15) is 0 Å². The fraction of sp³-hybridized carbons (Fsp3) is 0.643. The van der Waals surface area contributed by atoms with Crippen LogP contribution >= 0.6 is 23.6 Å². The summed E-state index contributed by atoms with van der Waals surface area (Å²) in [7, 11) is 0. The molecule has 1 fully saturated rings. The maximum Gasteiger partial charge on any atom is 0.0790 e. The fourth-order valence-electron chi connectivity index (χ4n) is 3.01. The van der Waals surface area contributed by atoms with Crippen molar-refractivity contribution in [3.05, 3.63) is 21.9 Å². The molecule has 1 aromatic heterocycles. The maximum atomic E-state index is 5.62. The summed E-state index contributed by atoms with van der Waals surface area (Å²) < 4.78 is 0. The van der Waals surface area contributed by atoms with E-state index in [0.29, 0.717) is 12.0 Å². The second-order valence-corrected chi connectivity index (χ2v) is 6.72. The van der Waals surface area contributed by atoms with Crippen LogP contribution in [0, 0.1) is 5.92 Å². The molecule has 2 aliphatic rings. The van der Waals surface area contributed by atoms with Crippen molar-refractivity contribution in [1.29, 1.82) is 0 Å². The molecule has 98 valence electrons. The van der Waals surface area contributed by atoms with E-state index in [1.165, 1.54) is 37.7 Å². The number of nitrogens with one attached hydrogen (secondary N) is 2. The van der Waals surface area contributed by atoms with Gasteiger partial charge in [0, 0.05) is 10.8 Å². The normalized spacial score (nSPS) is 24.6. The lowest BCUT2D eigenvalue weighted by Crippen LogP contribution is -2.39. The first-order valence-electron chi connectivity index (χ1n) is 6.92. The largest absolute Gasteiger partial charge is 0.373 e. The van der Waals surface area contributed by atoms with E-state index in [2.05, 4.69) is 22.1 Å². The lowest BCUT2D eigenvalue weighted by atomic mass is 9.92. The van der Waals surface area contributed by atoms with Gasteiger partial charge in [-0.2, -0.15) is 0 Å². The zero-order valence-electron chi connectivity index (χ0n) is 10.6. The summed E-state index contributed by atoms with van der Waals surface area (Å²) >= 11 is 7.52. The Morgan fingerprint density at radius 2 is 2.17 bits per heavy atom. The SMILES string of the molecule is S=C(NC1CCCc2sccc21)C1CCNCC1. The Hall–Kier alpha value is -0.450. The summed E-state index contributed by atoms with van der Waals surface area (Å²) in [5.74, 6) is 0.588. The van der Waals surface area contributed by atoms with Gasteiger partial charge in [0.2, 0.25) is 0 Å². The number of piperidine rings is 1. The third kappa shape index (κ3) is 2.60. The van der Waals surface area contributed by atoms with Crippen LogP contribution in [0.25, 0.3) is 0 Å². The number of aryl methyl sites for hydroxylation is 1. The smallest absolute Gasteiger partial charge is 0.0790 e. The zero-order valence-corrected chi connectivity index (χ0v) is 12.2. The maximum absolute atomic E-state index is 5.62. The molecule has 2 nitrogen and oxygen atoms in total. The van der Waals surface area contributed by atoms with Crippen molar-refractivity contribution in [3.63, 3.8) is 0 Å². The zero-order chi connectivity index (χ0) is 12.4. The molecule has 1 atom stereocenters. The lowest BCUT2D eigenvalue weighted by Gasteiger charge is -2.29. The minimum Gasteiger partial charge on any atom is -0.373 e. The number of hydrogen-bond acceptors (Lipinski definition) is 3. The molecular formula is C14H20N2S2. The minimum absolute atomic E-state index is 0.474. The molecule has 0 radical (unpaired) electrons. The molecule has 2 N–H and O–H groups in total. The van der Waals surface area contributed by atoms with Crippen LogP contribution in [0.15, 0.2) is 11.4 Å². The first-order chi connectivity index (χ1) is 8.84. The molecule has 4 heteroatoms. The highest BCUT2D eigenvalue weighted by molar-refractivity contribution is 7.80. The number of rotatable bonds is 2. The Balaban J connectivity index is 1.65. The summed E-state index contributed by atoms with van der Waals surface area (Å²) in [5, 5.41) is 9.26. The van der Waals surface area contributed by atoms with Crippen LogP contribution in [0.1, 0.15) is 42.2 Å². The molecule has 1 saturated heterocycles. The Bertz CT molecular complexity index is 421. The van der Waals surface area contributed by atoms with Gasteiger partial charge < -0.3 is 10.6 Å². The third-order valence-corrected chi connectivity index (χ3v) is 5.53. The molecule has 0 saturated carbocycles. The Morgan fingerprint density at radius 3 is 3.00 bits per heavy atom. The van der Waals surface area contributed by atoms with Crippen molar-refractivity contribution in [2.24, 2.45) is 5.92 Å². The number of thiophene rings is 1. The molecule has 1 aromatic rings. The van der Waals surface area contributed by atoms with E-state index in [9.17, 15) is 0 Å². The highest BCUT2D eigenvalue weighted by Gasteiger charge is 2.24. The van der Waals surface area contributed by atoms with E-state index >= 15 is 0 Å². The molecule has 3 rings (SSSR count). The van der Waals surface area contributed by atoms with E-state index < -0.39 is 0 Å². The molecule has 0 bridgehead atoms. The number of fused-ring (bicyclic) bond motifs is 1. The summed E-state index contributed by atoms with van der Waals surface area (Å²) in [6.45, 7) is 2.22. The second kappa shape index (κ2) is 5.68. The predicted octanol–water partition coefficient (Wildman–Crippen LogP) is 3.04. The van der Waals surface area contributed by atoms with Gasteiger partial charge in [-0.15, -0.1) is 11.3 Å². The average molecular weight is 280 g/mol. The molecule has 18 heavy (non-hydrogen) atoms. The molecule has 0 amide bonds. The minimum atomic E-state index is 0.474. The molecule has 0 spiro atoms. The van der Waals surface area contributed by atoms with Crippen LogP contribution in [0.4, 0.5) is 0 Å². The first kappa shape index (κ1) is 12.6. The number of thiocarbonyl (C=S) groups is 1. The Kier molecular flexibility index (Phi) is 3.97. The van der Waals surface area contributed by atoms with Gasteiger partial charge in [0.15, 0.2) is 0 Å². The quantitative estimate of drug-likeness (QED) is 0.814. The fourth-order valence-corrected chi connectivity index (χ4v) is 4.38. The van der Waals surface area contributed by atoms with Crippen LogP contribution in [0.2, 0.25) is 0 Å². The van der Waals surface area contributed by atoms with Gasteiger partial charge in [-0.1, -0.05) is 12.2 Å². The standard InChI is InChI=1S/C14H20N2S2/c17-14(10-4-7-15-8-5-10)16-12-2-1-3-13-11(12)6-9-18-13/h6,9-10,12,15H,1-5,7-8H2,(H,16,17). The highest BCUT2D eigenvalue weighted by atomic mass is 32.1. The van der Waals surface area contributed by atoms with Gasteiger partial charge in [0.25, 0.3) is 0 Å². The van der Waals surface area contributed by atoms with E-state index in [1.807, 2.05) is 11.3 Å². The number of hydrogen-bond donors (Lipinski definition) is 2. The van der Waals surface area contributed by atoms with E-state index in [0.717, 1.165) is 18.1 Å². The van der Waals surface area contributed by atoms with Crippen LogP contribution in [-0.2, 0) is 6.42 Å². The van der Waals surface area contributed by atoms with E-state index in [-0.39, 0.29) is 0 Å². The van der Waals surface area contributed by atoms with Crippen molar-refractivity contribution in [1.82, 2.24) is 10.6 Å². The van der Waals surface area contributed by atoms with Gasteiger partial charge in [-0.05, 0) is 62.2 Å². The van der Waals surface area contributed by atoms with Crippen molar-refractivity contribution < 1.29 is 0 Å². The van der Waals surface area contributed by atoms with Crippen LogP contribution in [-0.4, -0.2) is 18.1 Å². The molecule has 1 aliphatic heterocycles. The van der Waals surface area contributed by atoms with E-state index in [4.69, 9.17) is 12.2 Å². The first-order valence-corrected chi connectivity index (χ1v) is 8.21. The van der Waals surface area contributed by atoms with Crippen LogP contribution in [0.5, 0.6) is 0 Å². The monoisotopic (exact) mass is 280 g/mol. The van der Waals surface area contributed by atoms with Crippen molar-refractivity contribution in [2.45, 2.75) is 38.1 Å². The van der Waals surface area contributed by atoms with Crippen molar-refractivity contribution in [3.8, 4) is 0 Å². The van der Waals surface area contributed by atoms with Crippen LogP contribution < -0.4 is 10.6 Å². The summed E-state index contributed by atoms with van der Waals surface area (Å²) in [5.41, 5.74) is 1.50. The topological polar surface area (TPSA) is 24.1 Å². The van der Waals surface area contributed by atoms with Gasteiger partial charge >= 0.3 is 0 Å². The van der Waals surface area contributed by atoms with Crippen molar-refractivity contribution >= 4 is 28.5 Å². The summed E-state index contributed by atoms with van der Waals surface area (Å²) in [4.78, 5) is 2.66. The lowest BCUT2D eigenvalue weighted by molar-refractivity contribution is 0.441. The Labute approximate surface area is 118 Å². The molecule has 0 aromatic carbocycles. The van der Waals surface area contributed by atoms with Crippen molar-refractivity contribution in [2.75, 3.05) is 13.1 Å². The summed E-state index contributed by atoms with van der Waals surface area (Å²) in [6, 6.07) is 2.75. The molecular weight excluding hydrogens is 260 g/mol. The Morgan fingerprint density at radius 1 is 1.33 bits per heavy atom. The summed E-state index contributed by atoms with van der Waals surface area (Å²) in [6.07, 6.45) is 6.16. The highest BCUT2D eigenvalue weighted by Crippen LogP contribution is 2.33. The molecule has 1 unspecified atom stereocenters. The second-order valence-electron chi connectivity index (χ2n) is 5.28. The average Bonchev–Trinajstić information content (AvgIpc) is 2.89. The van der Waals surface area contributed by atoms with Crippen LogP contribution in [0.3, 0.4) is 0 Å².